The minimum atomic E-state index is -0.938. The van der Waals surface area contributed by atoms with Crippen molar-refractivity contribution in [1.82, 2.24) is 4.98 Å². The van der Waals surface area contributed by atoms with Crippen molar-refractivity contribution in [2.75, 3.05) is 0 Å². The zero-order valence-electron chi connectivity index (χ0n) is 11.5. The number of carbonyl (C=O) groups is 1. The Morgan fingerprint density at radius 1 is 1.35 bits per heavy atom. The molecule has 0 aliphatic rings. The molecule has 4 nitrogen and oxygen atoms in total. The van der Waals surface area contributed by atoms with Crippen LogP contribution in [0.15, 0.2) is 24.3 Å². The average molecular weight is 291 g/mol. The van der Waals surface area contributed by atoms with E-state index in [9.17, 15) is 9.90 Å². The van der Waals surface area contributed by atoms with Crippen LogP contribution in [0.3, 0.4) is 0 Å². The Kier molecular flexibility index (Phi) is 4.74. The molecule has 0 aliphatic heterocycles. The molecule has 1 heterocycles. The van der Waals surface area contributed by atoms with Crippen LogP contribution in [0.4, 0.5) is 0 Å². The minimum absolute atomic E-state index is 0.185. The molecule has 0 atom stereocenters. The van der Waals surface area contributed by atoms with E-state index in [1.54, 1.807) is 0 Å². The van der Waals surface area contributed by atoms with Crippen molar-refractivity contribution in [3.8, 4) is 5.75 Å². The highest BCUT2D eigenvalue weighted by Crippen LogP contribution is 2.22. The fourth-order valence-electron chi connectivity index (χ4n) is 1.77. The lowest BCUT2D eigenvalue weighted by atomic mass is 10.2. The summed E-state index contributed by atoms with van der Waals surface area (Å²) in [5.74, 6) is -0.218. The summed E-state index contributed by atoms with van der Waals surface area (Å²) in [6.07, 6.45) is 1.75. The van der Waals surface area contributed by atoms with Crippen molar-refractivity contribution >= 4 is 17.3 Å². The third kappa shape index (κ3) is 3.57. The molecule has 0 aliphatic carbocycles. The van der Waals surface area contributed by atoms with Crippen molar-refractivity contribution in [2.45, 2.75) is 33.3 Å². The maximum atomic E-state index is 11.2. The first-order valence-corrected chi connectivity index (χ1v) is 7.33. The molecule has 0 radical (unpaired) electrons. The van der Waals surface area contributed by atoms with E-state index in [2.05, 4.69) is 4.98 Å². The van der Waals surface area contributed by atoms with Gasteiger partial charge in [0.15, 0.2) is 0 Å². The van der Waals surface area contributed by atoms with Crippen LogP contribution in [0.25, 0.3) is 0 Å². The van der Waals surface area contributed by atoms with Gasteiger partial charge in [0.05, 0.1) is 5.01 Å². The Bertz CT molecular complexity index is 590. The summed E-state index contributed by atoms with van der Waals surface area (Å²) in [6.45, 7) is 4.24. The van der Waals surface area contributed by atoms with Gasteiger partial charge in [0.1, 0.15) is 22.9 Å². The number of aromatic nitrogens is 1. The minimum Gasteiger partial charge on any atom is -0.487 e. The molecule has 1 aromatic heterocycles. The maximum absolute atomic E-state index is 11.2. The van der Waals surface area contributed by atoms with Gasteiger partial charge in [-0.15, -0.1) is 11.3 Å². The highest BCUT2D eigenvalue weighted by molar-refractivity contribution is 7.13. The Labute approximate surface area is 122 Å². The van der Waals surface area contributed by atoms with E-state index < -0.39 is 5.97 Å². The molecule has 0 spiro atoms. The predicted molar refractivity (Wildman–Crippen MR) is 78.6 cm³/mol. The number of benzene rings is 1. The molecule has 20 heavy (non-hydrogen) atoms. The Morgan fingerprint density at radius 2 is 2.05 bits per heavy atom. The highest BCUT2D eigenvalue weighted by Gasteiger charge is 2.17. The van der Waals surface area contributed by atoms with Gasteiger partial charge in [-0.3, -0.25) is 0 Å². The van der Waals surface area contributed by atoms with Gasteiger partial charge in [-0.2, -0.15) is 0 Å². The first kappa shape index (κ1) is 14.5. The number of rotatable bonds is 6. The molecule has 106 valence electrons. The molecular weight excluding hydrogens is 274 g/mol. The number of ether oxygens (including phenoxy) is 1. The van der Waals surface area contributed by atoms with Crippen LogP contribution in [0.5, 0.6) is 5.75 Å². The summed E-state index contributed by atoms with van der Waals surface area (Å²) >= 11 is 1.24. The molecule has 0 unspecified atom stereocenters. The van der Waals surface area contributed by atoms with E-state index in [0.717, 1.165) is 29.2 Å². The van der Waals surface area contributed by atoms with Gasteiger partial charge < -0.3 is 9.84 Å². The molecule has 0 amide bonds. The number of hydrogen-bond donors (Lipinski definition) is 1. The number of carboxylic acid groups (broad SMARTS) is 1. The number of carboxylic acids is 1. The molecule has 2 aromatic rings. The normalized spacial score (nSPS) is 10.5. The summed E-state index contributed by atoms with van der Waals surface area (Å²) in [6, 6.07) is 7.65. The zero-order valence-corrected chi connectivity index (χ0v) is 12.4. The fourth-order valence-corrected chi connectivity index (χ4v) is 2.78. The van der Waals surface area contributed by atoms with E-state index in [0.29, 0.717) is 5.69 Å². The van der Waals surface area contributed by atoms with Gasteiger partial charge in [0.2, 0.25) is 0 Å². The van der Waals surface area contributed by atoms with Crippen LogP contribution in [0.1, 0.15) is 39.3 Å². The lowest BCUT2D eigenvalue weighted by molar-refractivity contribution is 0.0699. The number of nitrogens with zero attached hydrogens (tertiary/aromatic N) is 1. The van der Waals surface area contributed by atoms with Gasteiger partial charge in [-0.1, -0.05) is 24.6 Å². The van der Waals surface area contributed by atoms with E-state index in [1.807, 2.05) is 38.1 Å². The molecule has 0 saturated heterocycles. The lowest BCUT2D eigenvalue weighted by Gasteiger charge is -2.05. The van der Waals surface area contributed by atoms with E-state index in [4.69, 9.17) is 4.74 Å². The standard InChI is InChI=1S/C15H17NO3S/c1-3-4-13-16-12(14(20-13)15(17)18)9-19-11-7-5-10(2)6-8-11/h5-8H,3-4,9H2,1-2H3,(H,17,18). The molecule has 1 N–H and O–H groups in total. The van der Waals surface area contributed by atoms with E-state index in [-0.39, 0.29) is 11.5 Å². The van der Waals surface area contributed by atoms with Gasteiger partial charge >= 0.3 is 5.97 Å². The smallest absolute Gasteiger partial charge is 0.347 e. The van der Waals surface area contributed by atoms with Crippen molar-refractivity contribution in [1.29, 1.82) is 0 Å². The number of thiazole rings is 1. The van der Waals surface area contributed by atoms with Crippen molar-refractivity contribution in [2.24, 2.45) is 0 Å². The third-order valence-electron chi connectivity index (χ3n) is 2.80. The Hall–Kier alpha value is -1.88. The van der Waals surface area contributed by atoms with Crippen LogP contribution in [0.2, 0.25) is 0 Å². The fraction of sp³-hybridized carbons (Fsp3) is 0.333. The summed E-state index contributed by atoms with van der Waals surface area (Å²) in [5, 5.41) is 10.0. The second kappa shape index (κ2) is 6.52. The van der Waals surface area contributed by atoms with Crippen LogP contribution in [-0.4, -0.2) is 16.1 Å². The van der Waals surface area contributed by atoms with Gasteiger partial charge in [0.25, 0.3) is 0 Å². The van der Waals surface area contributed by atoms with Crippen LogP contribution in [0, 0.1) is 6.92 Å². The predicted octanol–water partition coefficient (Wildman–Crippen LogP) is 3.68. The second-order valence-electron chi connectivity index (χ2n) is 4.54. The first-order valence-electron chi connectivity index (χ1n) is 6.51. The second-order valence-corrected chi connectivity index (χ2v) is 5.62. The number of aryl methyl sites for hydroxylation is 2. The maximum Gasteiger partial charge on any atom is 0.347 e. The topological polar surface area (TPSA) is 59.4 Å². The molecule has 2 rings (SSSR count). The summed E-state index contributed by atoms with van der Waals surface area (Å²) < 4.78 is 5.61. The molecule has 0 saturated carbocycles. The van der Waals surface area contributed by atoms with Gasteiger partial charge in [0, 0.05) is 0 Å². The largest absolute Gasteiger partial charge is 0.487 e. The molecule has 0 fully saturated rings. The summed E-state index contributed by atoms with van der Waals surface area (Å²) in [7, 11) is 0. The highest BCUT2D eigenvalue weighted by atomic mass is 32.1. The third-order valence-corrected chi connectivity index (χ3v) is 3.94. The molecule has 0 bridgehead atoms. The van der Waals surface area contributed by atoms with Crippen molar-refractivity contribution < 1.29 is 14.6 Å². The number of aromatic carboxylic acids is 1. The Morgan fingerprint density at radius 3 is 2.65 bits per heavy atom. The summed E-state index contributed by atoms with van der Waals surface area (Å²) in [5.41, 5.74) is 1.66. The molecule has 1 aromatic carbocycles. The first-order chi connectivity index (χ1) is 9.60. The SMILES string of the molecule is CCCc1nc(COc2ccc(C)cc2)c(C(=O)O)s1. The Balaban J connectivity index is 2.11. The zero-order chi connectivity index (χ0) is 14.5. The van der Waals surface area contributed by atoms with Gasteiger partial charge in [-0.25, -0.2) is 9.78 Å². The van der Waals surface area contributed by atoms with Gasteiger partial charge in [-0.05, 0) is 31.9 Å². The van der Waals surface area contributed by atoms with Crippen LogP contribution in [-0.2, 0) is 13.0 Å². The van der Waals surface area contributed by atoms with Crippen molar-refractivity contribution in [3.63, 3.8) is 0 Å². The quantitative estimate of drug-likeness (QED) is 0.882. The van der Waals surface area contributed by atoms with Crippen LogP contribution >= 0.6 is 11.3 Å². The molecular formula is C15H17NO3S. The van der Waals surface area contributed by atoms with E-state index >= 15 is 0 Å². The van der Waals surface area contributed by atoms with Crippen molar-refractivity contribution in [3.05, 3.63) is 45.4 Å². The van der Waals surface area contributed by atoms with Crippen LogP contribution < -0.4 is 4.74 Å². The monoisotopic (exact) mass is 291 g/mol. The lowest BCUT2D eigenvalue weighted by Crippen LogP contribution is -2.03. The number of hydrogen-bond acceptors (Lipinski definition) is 4. The summed E-state index contributed by atoms with van der Waals surface area (Å²) in [4.78, 5) is 15.9. The average Bonchev–Trinajstić information content (AvgIpc) is 2.82. The molecule has 5 heteroatoms. The van der Waals surface area contributed by atoms with E-state index in [1.165, 1.54) is 11.3 Å².